The molecule has 1 aliphatic rings. The molecule has 2 rings (SSSR count). The number of halogens is 1. The van der Waals surface area contributed by atoms with Crippen molar-refractivity contribution in [2.45, 2.75) is 37.5 Å². The summed E-state index contributed by atoms with van der Waals surface area (Å²) in [7, 11) is -3.40. The van der Waals surface area contributed by atoms with Crippen LogP contribution in [0.25, 0.3) is 0 Å². The van der Waals surface area contributed by atoms with Gasteiger partial charge in [-0.05, 0) is 43.4 Å². The molecule has 0 aromatic heterocycles. The van der Waals surface area contributed by atoms with E-state index < -0.39 is 10.0 Å². The molecule has 2 atom stereocenters. The lowest BCUT2D eigenvalue weighted by atomic mass is 10.0. The maximum atomic E-state index is 12.7. The molecule has 1 saturated heterocycles. The Bertz CT molecular complexity index is 571. The van der Waals surface area contributed by atoms with Gasteiger partial charge in [0.25, 0.3) is 0 Å². The maximum absolute atomic E-state index is 12.7. The van der Waals surface area contributed by atoms with Crippen LogP contribution < -0.4 is 0 Å². The van der Waals surface area contributed by atoms with Crippen LogP contribution in [0, 0.1) is 19.8 Å². The van der Waals surface area contributed by atoms with Crippen LogP contribution in [0.2, 0.25) is 0 Å². The Morgan fingerprint density at radius 1 is 1.32 bits per heavy atom. The van der Waals surface area contributed by atoms with Gasteiger partial charge in [0.1, 0.15) is 0 Å². The highest BCUT2D eigenvalue weighted by molar-refractivity contribution is 7.89. The van der Waals surface area contributed by atoms with Gasteiger partial charge in [0.2, 0.25) is 10.0 Å². The Kier molecular flexibility index (Phi) is 4.23. The summed E-state index contributed by atoms with van der Waals surface area (Å²) in [5.74, 6) is 0.190. The van der Waals surface area contributed by atoms with Crippen LogP contribution in [0.1, 0.15) is 24.5 Å². The first kappa shape index (κ1) is 14.8. The largest absolute Gasteiger partial charge is 0.243 e. The van der Waals surface area contributed by atoms with Gasteiger partial charge >= 0.3 is 0 Å². The van der Waals surface area contributed by atoms with E-state index in [1.54, 1.807) is 10.4 Å². The molecule has 0 aliphatic carbocycles. The zero-order valence-corrected chi connectivity index (χ0v) is 13.1. The molecule has 0 spiro atoms. The Balaban J connectivity index is 2.35. The van der Waals surface area contributed by atoms with Crippen molar-refractivity contribution in [2.75, 3.05) is 13.1 Å². The summed E-state index contributed by atoms with van der Waals surface area (Å²) in [4.78, 5) is 0.424. The summed E-state index contributed by atoms with van der Waals surface area (Å²) in [5, 5.41) is 0.0741. The van der Waals surface area contributed by atoms with E-state index in [0.717, 1.165) is 11.1 Å². The summed E-state index contributed by atoms with van der Waals surface area (Å²) in [6.45, 7) is 6.76. The Morgan fingerprint density at radius 3 is 2.63 bits per heavy atom. The van der Waals surface area contributed by atoms with Crippen LogP contribution in [0.4, 0.5) is 0 Å². The summed E-state index contributed by atoms with van der Waals surface area (Å²) in [5.41, 5.74) is 1.76. The molecule has 0 saturated carbocycles. The number of benzene rings is 1. The number of rotatable bonds is 2. The molecule has 19 heavy (non-hydrogen) atoms. The van der Waals surface area contributed by atoms with Crippen molar-refractivity contribution < 1.29 is 8.42 Å². The van der Waals surface area contributed by atoms with E-state index in [0.29, 0.717) is 24.4 Å². The number of nitrogens with zero attached hydrogens (tertiary/aromatic N) is 1. The standard InChI is InChI=1S/C14H20ClNO2S/c1-10-4-5-11(2)14(8-10)19(17,18)16-7-6-13(15)12(3)9-16/h4-5,8,12-13H,6-7,9H2,1-3H3. The van der Waals surface area contributed by atoms with Crippen LogP contribution in [-0.2, 0) is 10.0 Å². The summed E-state index contributed by atoms with van der Waals surface area (Å²) in [6, 6.07) is 5.55. The van der Waals surface area contributed by atoms with Gasteiger partial charge in [0, 0.05) is 18.5 Å². The molecule has 1 fully saturated rings. The molecule has 0 radical (unpaired) electrons. The van der Waals surface area contributed by atoms with E-state index in [9.17, 15) is 8.42 Å². The molecule has 1 aliphatic heterocycles. The van der Waals surface area contributed by atoms with E-state index in [1.807, 2.05) is 32.9 Å². The van der Waals surface area contributed by atoms with Crippen molar-refractivity contribution in [3.8, 4) is 0 Å². The average molecular weight is 302 g/mol. The summed E-state index contributed by atoms with van der Waals surface area (Å²) >= 11 is 6.16. The maximum Gasteiger partial charge on any atom is 0.243 e. The SMILES string of the molecule is Cc1ccc(C)c(S(=O)(=O)N2CCC(Cl)C(C)C2)c1. The van der Waals surface area contributed by atoms with Crippen molar-refractivity contribution >= 4 is 21.6 Å². The predicted octanol–water partition coefficient (Wildman–Crippen LogP) is 2.94. The second-order valence-corrected chi connectivity index (χ2v) is 7.88. The van der Waals surface area contributed by atoms with E-state index in [1.165, 1.54) is 0 Å². The summed E-state index contributed by atoms with van der Waals surface area (Å²) < 4.78 is 27.0. The Morgan fingerprint density at radius 2 is 2.00 bits per heavy atom. The number of hydrogen-bond acceptors (Lipinski definition) is 2. The highest BCUT2D eigenvalue weighted by Gasteiger charge is 2.33. The smallest absolute Gasteiger partial charge is 0.207 e. The highest BCUT2D eigenvalue weighted by Crippen LogP contribution is 2.28. The first-order valence-electron chi connectivity index (χ1n) is 6.54. The number of alkyl halides is 1. The van der Waals surface area contributed by atoms with Crippen molar-refractivity contribution in [2.24, 2.45) is 5.92 Å². The second-order valence-electron chi connectivity index (χ2n) is 5.41. The minimum atomic E-state index is -3.40. The highest BCUT2D eigenvalue weighted by atomic mass is 35.5. The monoisotopic (exact) mass is 301 g/mol. The van der Waals surface area contributed by atoms with E-state index >= 15 is 0 Å². The van der Waals surface area contributed by atoms with Crippen LogP contribution in [0.15, 0.2) is 23.1 Å². The first-order chi connectivity index (χ1) is 8.82. The van der Waals surface area contributed by atoms with Crippen molar-refractivity contribution in [3.63, 3.8) is 0 Å². The first-order valence-corrected chi connectivity index (χ1v) is 8.41. The third-order valence-electron chi connectivity index (χ3n) is 3.72. The van der Waals surface area contributed by atoms with Gasteiger partial charge in [-0.15, -0.1) is 11.6 Å². The summed E-state index contributed by atoms with van der Waals surface area (Å²) in [6.07, 6.45) is 0.715. The molecule has 0 bridgehead atoms. The van der Waals surface area contributed by atoms with Crippen molar-refractivity contribution in [1.82, 2.24) is 4.31 Å². The lowest BCUT2D eigenvalue weighted by molar-refractivity contribution is 0.286. The molecule has 1 aromatic carbocycles. The van der Waals surface area contributed by atoms with Gasteiger partial charge < -0.3 is 0 Å². The zero-order valence-electron chi connectivity index (χ0n) is 11.6. The zero-order chi connectivity index (χ0) is 14.2. The fourth-order valence-electron chi connectivity index (χ4n) is 2.42. The molecule has 5 heteroatoms. The van der Waals surface area contributed by atoms with Gasteiger partial charge in [-0.25, -0.2) is 8.42 Å². The van der Waals surface area contributed by atoms with Gasteiger partial charge in [0.15, 0.2) is 0 Å². The van der Waals surface area contributed by atoms with Crippen molar-refractivity contribution in [3.05, 3.63) is 29.3 Å². The number of hydrogen-bond donors (Lipinski definition) is 0. The lowest BCUT2D eigenvalue weighted by Gasteiger charge is -2.33. The second kappa shape index (κ2) is 5.43. The lowest BCUT2D eigenvalue weighted by Crippen LogP contribution is -2.43. The quantitative estimate of drug-likeness (QED) is 0.788. The molecule has 1 aromatic rings. The molecule has 3 nitrogen and oxygen atoms in total. The average Bonchev–Trinajstić information content (AvgIpc) is 2.35. The molecular formula is C14H20ClNO2S. The number of aryl methyl sites for hydroxylation is 2. The van der Waals surface area contributed by atoms with Gasteiger partial charge in [-0.1, -0.05) is 19.1 Å². The van der Waals surface area contributed by atoms with Crippen LogP contribution >= 0.6 is 11.6 Å². The third kappa shape index (κ3) is 2.96. The molecule has 0 N–H and O–H groups in total. The molecule has 0 amide bonds. The van der Waals surface area contributed by atoms with E-state index in [-0.39, 0.29) is 11.3 Å². The molecule has 2 unspecified atom stereocenters. The topological polar surface area (TPSA) is 37.4 Å². The fourth-order valence-corrected chi connectivity index (χ4v) is 4.46. The normalized spacial score (nSPS) is 25.5. The molecule has 106 valence electrons. The molecule has 1 heterocycles. The Hall–Kier alpha value is -0.580. The van der Waals surface area contributed by atoms with E-state index in [4.69, 9.17) is 11.6 Å². The van der Waals surface area contributed by atoms with Crippen molar-refractivity contribution in [1.29, 1.82) is 0 Å². The third-order valence-corrected chi connectivity index (χ3v) is 6.38. The molecular weight excluding hydrogens is 282 g/mol. The Labute approximate surface area is 120 Å². The fraction of sp³-hybridized carbons (Fsp3) is 0.571. The van der Waals surface area contributed by atoms with E-state index in [2.05, 4.69) is 0 Å². The van der Waals surface area contributed by atoms with Crippen LogP contribution in [-0.4, -0.2) is 31.2 Å². The predicted molar refractivity (Wildman–Crippen MR) is 78.1 cm³/mol. The van der Waals surface area contributed by atoms with Crippen LogP contribution in [0.3, 0.4) is 0 Å². The van der Waals surface area contributed by atoms with Gasteiger partial charge in [-0.3, -0.25) is 0 Å². The number of piperidine rings is 1. The van der Waals surface area contributed by atoms with Crippen LogP contribution in [0.5, 0.6) is 0 Å². The van der Waals surface area contributed by atoms with Gasteiger partial charge in [0.05, 0.1) is 4.90 Å². The minimum Gasteiger partial charge on any atom is -0.207 e. The van der Waals surface area contributed by atoms with Gasteiger partial charge in [-0.2, -0.15) is 4.31 Å². The minimum absolute atomic E-state index is 0.0741. The number of sulfonamides is 1.